The summed E-state index contributed by atoms with van der Waals surface area (Å²) >= 11 is 0. The van der Waals surface area contributed by atoms with Gasteiger partial charge in [0.2, 0.25) is 10.0 Å². The standard InChI is InChI=1S/C25H27N3O5S/c1-2-15-26-25(31)27-21-10-6-9-20(16-21)18-11-13-22(14-12-18)34(32,33)28-23(17-24(29)30)19-7-4-3-5-8-19/h3-14,16,23,28H,2,15,17H2,1H3,(H,29,30)(H2,26,27,31). The molecule has 8 nitrogen and oxygen atoms in total. The highest BCUT2D eigenvalue weighted by atomic mass is 32.2. The van der Waals surface area contributed by atoms with Gasteiger partial charge in [0, 0.05) is 12.2 Å². The van der Waals surface area contributed by atoms with Gasteiger partial charge in [-0.25, -0.2) is 17.9 Å². The van der Waals surface area contributed by atoms with Gasteiger partial charge in [-0.1, -0.05) is 61.5 Å². The van der Waals surface area contributed by atoms with Crippen LogP contribution in [0.25, 0.3) is 11.1 Å². The highest BCUT2D eigenvalue weighted by molar-refractivity contribution is 7.89. The number of aliphatic carboxylic acids is 1. The number of hydrogen-bond donors (Lipinski definition) is 4. The number of sulfonamides is 1. The summed E-state index contributed by atoms with van der Waals surface area (Å²) < 4.78 is 28.4. The van der Waals surface area contributed by atoms with Gasteiger partial charge in [0.1, 0.15) is 0 Å². The fourth-order valence-electron chi connectivity index (χ4n) is 3.36. The zero-order valence-corrected chi connectivity index (χ0v) is 19.5. The van der Waals surface area contributed by atoms with Crippen LogP contribution in [-0.2, 0) is 14.8 Å². The highest BCUT2D eigenvalue weighted by Crippen LogP contribution is 2.25. The van der Waals surface area contributed by atoms with Gasteiger partial charge in [-0.05, 0) is 47.4 Å². The molecule has 1 atom stereocenters. The van der Waals surface area contributed by atoms with Crippen molar-refractivity contribution in [2.45, 2.75) is 30.7 Å². The van der Waals surface area contributed by atoms with Crippen LogP contribution in [-0.4, -0.2) is 32.1 Å². The van der Waals surface area contributed by atoms with Crippen molar-refractivity contribution in [1.29, 1.82) is 0 Å². The smallest absolute Gasteiger partial charge is 0.319 e. The Hall–Kier alpha value is -3.69. The molecule has 0 aliphatic rings. The maximum absolute atomic E-state index is 12.9. The molecular formula is C25H27N3O5S. The number of carboxylic acids is 1. The molecule has 2 amide bonds. The molecule has 0 spiro atoms. The second-order valence-electron chi connectivity index (χ2n) is 7.67. The van der Waals surface area contributed by atoms with E-state index in [4.69, 9.17) is 0 Å². The number of carboxylic acid groups (broad SMARTS) is 1. The minimum absolute atomic E-state index is 0.0239. The molecular weight excluding hydrogens is 454 g/mol. The summed E-state index contributed by atoms with van der Waals surface area (Å²) in [6.45, 7) is 2.54. The number of rotatable bonds is 10. The summed E-state index contributed by atoms with van der Waals surface area (Å²) in [6, 6.07) is 20.9. The number of benzene rings is 3. The monoisotopic (exact) mass is 481 g/mol. The molecule has 0 heterocycles. The van der Waals surface area contributed by atoms with Crippen molar-refractivity contribution in [1.82, 2.24) is 10.0 Å². The second kappa shape index (κ2) is 11.4. The third-order valence-corrected chi connectivity index (χ3v) is 6.52. The minimum Gasteiger partial charge on any atom is -0.481 e. The number of anilines is 1. The van der Waals surface area contributed by atoms with Gasteiger partial charge < -0.3 is 15.7 Å². The predicted octanol–water partition coefficient (Wildman–Crippen LogP) is 4.38. The van der Waals surface area contributed by atoms with Crippen molar-refractivity contribution in [3.05, 3.63) is 84.4 Å². The van der Waals surface area contributed by atoms with E-state index >= 15 is 0 Å². The molecule has 0 aromatic heterocycles. The normalized spacial score (nSPS) is 12.0. The molecule has 0 bridgehead atoms. The zero-order chi connectivity index (χ0) is 24.6. The SMILES string of the molecule is CCCNC(=O)Nc1cccc(-c2ccc(S(=O)(=O)NC(CC(=O)O)c3ccccc3)cc2)c1. The Labute approximate surface area is 199 Å². The molecule has 3 rings (SSSR count). The van der Waals surface area contributed by atoms with Crippen LogP contribution in [0.2, 0.25) is 0 Å². The van der Waals surface area contributed by atoms with E-state index in [1.807, 2.05) is 13.0 Å². The fourth-order valence-corrected chi connectivity index (χ4v) is 4.58. The van der Waals surface area contributed by atoms with Crippen LogP contribution in [0.3, 0.4) is 0 Å². The molecule has 34 heavy (non-hydrogen) atoms. The maximum atomic E-state index is 12.9. The summed E-state index contributed by atoms with van der Waals surface area (Å²) in [4.78, 5) is 23.2. The highest BCUT2D eigenvalue weighted by Gasteiger charge is 2.23. The van der Waals surface area contributed by atoms with E-state index in [1.165, 1.54) is 12.1 Å². The van der Waals surface area contributed by atoms with Gasteiger partial charge in [0.25, 0.3) is 0 Å². The molecule has 1 unspecified atom stereocenters. The Bertz CT molecular complexity index is 1230. The van der Waals surface area contributed by atoms with E-state index in [1.54, 1.807) is 60.7 Å². The maximum Gasteiger partial charge on any atom is 0.319 e. The Morgan fingerprint density at radius 2 is 1.62 bits per heavy atom. The van der Waals surface area contributed by atoms with Crippen LogP contribution in [0.15, 0.2) is 83.8 Å². The van der Waals surface area contributed by atoms with Crippen molar-refractivity contribution in [2.75, 3.05) is 11.9 Å². The van der Waals surface area contributed by atoms with Crippen molar-refractivity contribution >= 4 is 27.7 Å². The number of nitrogens with one attached hydrogen (secondary N) is 3. The van der Waals surface area contributed by atoms with E-state index in [9.17, 15) is 23.1 Å². The number of urea groups is 1. The largest absolute Gasteiger partial charge is 0.481 e. The Morgan fingerprint density at radius 1 is 0.912 bits per heavy atom. The topological polar surface area (TPSA) is 125 Å². The quantitative estimate of drug-likeness (QED) is 0.342. The number of carbonyl (C=O) groups is 2. The van der Waals surface area contributed by atoms with Gasteiger partial charge >= 0.3 is 12.0 Å². The fraction of sp³-hybridized carbons (Fsp3) is 0.200. The van der Waals surface area contributed by atoms with Crippen molar-refractivity contribution < 1.29 is 23.1 Å². The predicted molar refractivity (Wildman–Crippen MR) is 131 cm³/mol. The Kier molecular flexibility index (Phi) is 8.39. The average molecular weight is 482 g/mol. The first-order valence-electron chi connectivity index (χ1n) is 10.8. The molecule has 178 valence electrons. The molecule has 0 radical (unpaired) electrons. The van der Waals surface area contributed by atoms with Gasteiger partial charge in [0.15, 0.2) is 0 Å². The zero-order valence-electron chi connectivity index (χ0n) is 18.7. The van der Waals surface area contributed by atoms with Crippen molar-refractivity contribution in [3.63, 3.8) is 0 Å². The molecule has 0 saturated heterocycles. The van der Waals surface area contributed by atoms with Crippen LogP contribution in [0.1, 0.15) is 31.4 Å². The molecule has 0 saturated carbocycles. The van der Waals surface area contributed by atoms with Crippen LogP contribution in [0.4, 0.5) is 10.5 Å². The van der Waals surface area contributed by atoms with E-state index < -0.39 is 22.0 Å². The van der Waals surface area contributed by atoms with Gasteiger partial charge in [-0.3, -0.25) is 4.79 Å². The molecule has 0 aliphatic carbocycles. The number of amides is 2. The lowest BCUT2D eigenvalue weighted by atomic mass is 10.1. The van der Waals surface area contributed by atoms with Gasteiger partial charge in [0.05, 0.1) is 17.4 Å². The van der Waals surface area contributed by atoms with Crippen LogP contribution in [0.5, 0.6) is 0 Å². The summed E-state index contributed by atoms with van der Waals surface area (Å²) in [6.07, 6.45) is 0.451. The van der Waals surface area contributed by atoms with Crippen molar-refractivity contribution in [3.8, 4) is 11.1 Å². The molecule has 0 fully saturated rings. The van der Waals surface area contributed by atoms with Gasteiger partial charge in [-0.15, -0.1) is 0 Å². The molecule has 0 aliphatic heterocycles. The summed E-state index contributed by atoms with van der Waals surface area (Å²) in [5.41, 5.74) is 2.75. The van der Waals surface area contributed by atoms with Gasteiger partial charge in [-0.2, -0.15) is 0 Å². The van der Waals surface area contributed by atoms with E-state index in [0.717, 1.165) is 17.5 Å². The lowest BCUT2D eigenvalue weighted by molar-refractivity contribution is -0.137. The van der Waals surface area contributed by atoms with Crippen LogP contribution < -0.4 is 15.4 Å². The number of carbonyl (C=O) groups excluding carboxylic acids is 1. The Balaban J connectivity index is 1.77. The van der Waals surface area contributed by atoms with Crippen LogP contribution in [0, 0.1) is 0 Å². The van der Waals surface area contributed by atoms with Crippen LogP contribution >= 0.6 is 0 Å². The van der Waals surface area contributed by atoms with E-state index in [-0.39, 0.29) is 17.3 Å². The van der Waals surface area contributed by atoms with E-state index in [0.29, 0.717) is 17.8 Å². The minimum atomic E-state index is -3.96. The molecule has 3 aromatic carbocycles. The lowest BCUT2D eigenvalue weighted by Crippen LogP contribution is -2.30. The third-order valence-electron chi connectivity index (χ3n) is 5.03. The van der Waals surface area contributed by atoms with Crippen molar-refractivity contribution in [2.24, 2.45) is 0 Å². The molecule has 4 N–H and O–H groups in total. The first-order chi connectivity index (χ1) is 16.3. The summed E-state index contributed by atoms with van der Waals surface area (Å²) in [5, 5.41) is 14.7. The summed E-state index contributed by atoms with van der Waals surface area (Å²) in [7, 11) is -3.96. The first-order valence-corrected chi connectivity index (χ1v) is 12.3. The number of hydrogen-bond acceptors (Lipinski definition) is 4. The molecule has 3 aromatic rings. The second-order valence-corrected chi connectivity index (χ2v) is 9.38. The third kappa shape index (κ3) is 6.90. The molecule has 9 heteroatoms. The lowest BCUT2D eigenvalue weighted by Gasteiger charge is -2.18. The van der Waals surface area contributed by atoms with E-state index in [2.05, 4.69) is 15.4 Å². The first kappa shape index (κ1) is 24.9. The average Bonchev–Trinajstić information content (AvgIpc) is 2.83. The summed E-state index contributed by atoms with van der Waals surface area (Å²) in [5.74, 6) is -1.11. The Morgan fingerprint density at radius 3 is 2.26 bits per heavy atom.